The van der Waals surface area contributed by atoms with Gasteiger partial charge in [-0.05, 0) is 12.5 Å². The smallest absolute Gasteiger partial charge is 0.230 e. The van der Waals surface area contributed by atoms with E-state index in [4.69, 9.17) is 4.42 Å². The van der Waals surface area contributed by atoms with Gasteiger partial charge < -0.3 is 9.73 Å². The van der Waals surface area contributed by atoms with Gasteiger partial charge in [-0.1, -0.05) is 27.2 Å². The van der Waals surface area contributed by atoms with Crippen LogP contribution in [0.2, 0.25) is 0 Å². The van der Waals surface area contributed by atoms with Gasteiger partial charge in [-0.3, -0.25) is 0 Å². The van der Waals surface area contributed by atoms with Crippen molar-refractivity contribution in [1.82, 2.24) is 15.5 Å². The van der Waals surface area contributed by atoms with Crippen LogP contribution in [0.4, 0.5) is 0 Å². The highest BCUT2D eigenvalue weighted by Crippen LogP contribution is 2.09. The maximum Gasteiger partial charge on any atom is 0.230 e. The maximum atomic E-state index is 5.47. The lowest BCUT2D eigenvalue weighted by Gasteiger charge is -2.02. The van der Waals surface area contributed by atoms with E-state index in [9.17, 15) is 0 Å². The first kappa shape index (κ1) is 11.2. The third-order valence-corrected chi connectivity index (χ3v) is 2.25. The number of hydrogen-bond acceptors (Lipinski definition) is 4. The predicted octanol–water partition coefficient (Wildman–Crippen LogP) is 1.77. The summed E-state index contributed by atoms with van der Waals surface area (Å²) in [6, 6.07) is 0. The zero-order chi connectivity index (χ0) is 10.4. The molecule has 0 aliphatic rings. The molecule has 1 heterocycles. The Hall–Kier alpha value is -0.900. The summed E-state index contributed by atoms with van der Waals surface area (Å²) >= 11 is 0. The Labute approximate surface area is 85.1 Å². The van der Waals surface area contributed by atoms with Crippen LogP contribution < -0.4 is 5.32 Å². The van der Waals surface area contributed by atoms with Crippen molar-refractivity contribution in [2.45, 2.75) is 40.2 Å². The Kier molecular flexibility index (Phi) is 4.59. The normalized spacial score (nSPS) is 13.1. The Bertz CT molecular complexity index is 260. The van der Waals surface area contributed by atoms with Crippen molar-refractivity contribution >= 4 is 0 Å². The van der Waals surface area contributed by atoms with Crippen LogP contribution in [0.1, 0.15) is 39.0 Å². The Morgan fingerprint density at radius 2 is 2.00 bits per heavy atom. The zero-order valence-corrected chi connectivity index (χ0v) is 9.21. The minimum atomic E-state index is 0.613. The molecule has 0 saturated heterocycles. The van der Waals surface area contributed by atoms with Crippen molar-refractivity contribution in [1.29, 1.82) is 0 Å². The number of rotatable bonds is 6. The molecular weight excluding hydrogens is 178 g/mol. The van der Waals surface area contributed by atoms with Crippen molar-refractivity contribution in [3.05, 3.63) is 11.8 Å². The summed E-state index contributed by atoms with van der Waals surface area (Å²) in [6.07, 6.45) is 2.03. The van der Waals surface area contributed by atoms with Gasteiger partial charge in [0.2, 0.25) is 11.8 Å². The molecule has 0 bridgehead atoms. The standard InChI is InChI=1S/C10H19N3O/c1-4-8(3)6-9-12-13-10(14-9)7-11-5-2/h8,11H,4-7H2,1-3H3. The van der Waals surface area contributed by atoms with Crippen LogP contribution in [0, 0.1) is 5.92 Å². The van der Waals surface area contributed by atoms with E-state index in [0.717, 1.165) is 25.3 Å². The average Bonchev–Trinajstić information content (AvgIpc) is 2.62. The summed E-state index contributed by atoms with van der Waals surface area (Å²) in [5, 5.41) is 11.1. The van der Waals surface area contributed by atoms with Crippen LogP contribution >= 0.6 is 0 Å². The summed E-state index contributed by atoms with van der Waals surface area (Å²) < 4.78 is 5.47. The third-order valence-electron chi connectivity index (χ3n) is 2.25. The van der Waals surface area contributed by atoms with Gasteiger partial charge in [0.05, 0.1) is 6.54 Å². The van der Waals surface area contributed by atoms with Crippen molar-refractivity contribution in [2.75, 3.05) is 6.54 Å². The van der Waals surface area contributed by atoms with Crippen LogP contribution in [0.15, 0.2) is 4.42 Å². The van der Waals surface area contributed by atoms with Crippen molar-refractivity contribution in [2.24, 2.45) is 5.92 Å². The zero-order valence-electron chi connectivity index (χ0n) is 9.21. The fourth-order valence-electron chi connectivity index (χ4n) is 1.12. The number of hydrogen-bond donors (Lipinski definition) is 1. The van der Waals surface area contributed by atoms with Crippen LogP contribution in [0.5, 0.6) is 0 Å². The van der Waals surface area contributed by atoms with Gasteiger partial charge in [0, 0.05) is 6.42 Å². The van der Waals surface area contributed by atoms with Crippen molar-refractivity contribution in [3.8, 4) is 0 Å². The molecule has 1 unspecified atom stereocenters. The van der Waals surface area contributed by atoms with E-state index in [1.54, 1.807) is 0 Å². The first-order valence-electron chi connectivity index (χ1n) is 5.28. The van der Waals surface area contributed by atoms with Gasteiger partial charge in [-0.2, -0.15) is 0 Å². The fourth-order valence-corrected chi connectivity index (χ4v) is 1.12. The summed E-state index contributed by atoms with van der Waals surface area (Å²) in [4.78, 5) is 0. The molecule has 1 N–H and O–H groups in total. The molecule has 0 saturated carbocycles. The molecule has 4 heteroatoms. The molecule has 0 aromatic carbocycles. The minimum absolute atomic E-state index is 0.613. The van der Waals surface area contributed by atoms with E-state index in [-0.39, 0.29) is 0 Å². The topological polar surface area (TPSA) is 51.0 Å². The molecule has 1 aromatic heterocycles. The highest BCUT2D eigenvalue weighted by atomic mass is 16.4. The first-order chi connectivity index (χ1) is 6.76. The predicted molar refractivity (Wildman–Crippen MR) is 54.8 cm³/mol. The van der Waals surface area contributed by atoms with Gasteiger partial charge in [0.1, 0.15) is 0 Å². The molecule has 0 spiro atoms. The molecule has 4 nitrogen and oxygen atoms in total. The molecule has 0 radical (unpaired) electrons. The molecule has 1 rings (SSSR count). The monoisotopic (exact) mass is 197 g/mol. The van der Waals surface area contributed by atoms with E-state index in [2.05, 4.69) is 36.3 Å². The summed E-state index contributed by atoms with van der Waals surface area (Å²) in [5.74, 6) is 2.06. The van der Waals surface area contributed by atoms with Gasteiger partial charge in [0.15, 0.2) is 0 Å². The molecule has 0 amide bonds. The van der Waals surface area contributed by atoms with Gasteiger partial charge >= 0.3 is 0 Å². The molecule has 0 aliphatic carbocycles. The Balaban J connectivity index is 2.42. The molecular formula is C10H19N3O. The third kappa shape index (κ3) is 3.46. The number of aromatic nitrogens is 2. The second-order valence-corrected chi connectivity index (χ2v) is 3.59. The largest absolute Gasteiger partial charge is 0.424 e. The maximum absolute atomic E-state index is 5.47. The number of nitrogens with zero attached hydrogens (tertiary/aromatic N) is 2. The van der Waals surface area contributed by atoms with Gasteiger partial charge in [0.25, 0.3) is 0 Å². The summed E-state index contributed by atoms with van der Waals surface area (Å²) in [6.45, 7) is 8.00. The molecule has 0 aliphatic heterocycles. The molecule has 14 heavy (non-hydrogen) atoms. The van der Waals surface area contributed by atoms with E-state index >= 15 is 0 Å². The van der Waals surface area contributed by atoms with Crippen LogP contribution in [0.3, 0.4) is 0 Å². The van der Waals surface area contributed by atoms with E-state index in [1.807, 2.05) is 0 Å². The minimum Gasteiger partial charge on any atom is -0.424 e. The second-order valence-electron chi connectivity index (χ2n) is 3.59. The highest BCUT2D eigenvalue weighted by Gasteiger charge is 2.08. The van der Waals surface area contributed by atoms with Crippen LogP contribution in [-0.4, -0.2) is 16.7 Å². The van der Waals surface area contributed by atoms with Gasteiger partial charge in [-0.25, -0.2) is 0 Å². The van der Waals surface area contributed by atoms with Crippen molar-refractivity contribution < 1.29 is 4.42 Å². The van der Waals surface area contributed by atoms with Gasteiger partial charge in [-0.15, -0.1) is 10.2 Å². The van der Waals surface area contributed by atoms with E-state index < -0.39 is 0 Å². The first-order valence-corrected chi connectivity index (χ1v) is 5.28. The van der Waals surface area contributed by atoms with Crippen LogP contribution in [0.25, 0.3) is 0 Å². The quantitative estimate of drug-likeness (QED) is 0.755. The molecule has 0 fully saturated rings. The number of nitrogens with one attached hydrogen (secondary N) is 1. The summed E-state index contributed by atoms with van der Waals surface area (Å²) in [5.41, 5.74) is 0. The molecule has 80 valence electrons. The molecule has 1 aromatic rings. The Morgan fingerprint density at radius 1 is 1.29 bits per heavy atom. The molecule has 1 atom stereocenters. The van der Waals surface area contributed by atoms with Crippen molar-refractivity contribution in [3.63, 3.8) is 0 Å². The van der Waals surface area contributed by atoms with E-state index in [0.29, 0.717) is 18.4 Å². The van der Waals surface area contributed by atoms with Crippen LogP contribution in [-0.2, 0) is 13.0 Å². The summed E-state index contributed by atoms with van der Waals surface area (Å²) in [7, 11) is 0. The SMILES string of the molecule is CCNCc1nnc(CC(C)CC)o1. The lowest BCUT2D eigenvalue weighted by molar-refractivity contribution is 0.403. The highest BCUT2D eigenvalue weighted by molar-refractivity contribution is 4.82. The Morgan fingerprint density at radius 3 is 2.64 bits per heavy atom. The lowest BCUT2D eigenvalue weighted by atomic mass is 10.1. The average molecular weight is 197 g/mol. The van der Waals surface area contributed by atoms with E-state index in [1.165, 1.54) is 0 Å². The fraction of sp³-hybridized carbons (Fsp3) is 0.800. The second kappa shape index (κ2) is 5.75. The lowest BCUT2D eigenvalue weighted by Crippen LogP contribution is -2.11.